The largest absolute Gasteiger partial charge is 0.496 e. The van der Waals surface area contributed by atoms with Gasteiger partial charge in [0.15, 0.2) is 17.3 Å². The summed E-state index contributed by atoms with van der Waals surface area (Å²) in [6.45, 7) is 0. The van der Waals surface area contributed by atoms with Gasteiger partial charge in [0.05, 0.1) is 27.5 Å². The Morgan fingerprint density at radius 1 is 1.04 bits per heavy atom. The lowest BCUT2D eigenvalue weighted by Gasteiger charge is -2.11. The number of benzene rings is 2. The van der Waals surface area contributed by atoms with Gasteiger partial charge in [-0.15, -0.1) is 0 Å². The lowest BCUT2D eigenvalue weighted by Crippen LogP contribution is -1.99. The summed E-state index contributed by atoms with van der Waals surface area (Å²) in [5.41, 5.74) is 1.52. The molecule has 0 aliphatic rings. The molecule has 0 unspecified atom stereocenters. The lowest BCUT2D eigenvalue weighted by atomic mass is 10.2. The van der Waals surface area contributed by atoms with Gasteiger partial charge < -0.3 is 14.2 Å². The molecule has 1 aromatic heterocycles. The second kappa shape index (κ2) is 8.24. The average Bonchev–Trinajstić information content (AvgIpc) is 3.06. The molecule has 140 valence electrons. The Balaban J connectivity index is 2.03. The highest BCUT2D eigenvalue weighted by Gasteiger charge is 2.12. The molecule has 1 N–H and O–H groups in total. The van der Waals surface area contributed by atoms with E-state index >= 15 is 0 Å². The van der Waals surface area contributed by atoms with Crippen molar-refractivity contribution in [2.75, 3.05) is 21.3 Å². The highest BCUT2D eigenvalue weighted by molar-refractivity contribution is 7.71. The average molecular weight is 405 g/mol. The number of nitrogens with zero attached hydrogens (tertiary/aromatic N) is 3. The van der Waals surface area contributed by atoms with E-state index in [2.05, 4.69) is 15.3 Å². The Kier molecular flexibility index (Phi) is 5.78. The third-order valence-electron chi connectivity index (χ3n) is 3.80. The number of aromatic amines is 1. The van der Waals surface area contributed by atoms with E-state index in [1.807, 2.05) is 12.1 Å². The highest BCUT2D eigenvalue weighted by atomic mass is 35.5. The van der Waals surface area contributed by atoms with E-state index in [1.165, 1.54) is 4.68 Å². The summed E-state index contributed by atoms with van der Waals surface area (Å²) >= 11 is 11.2. The van der Waals surface area contributed by atoms with Crippen LogP contribution < -0.4 is 14.2 Å². The number of hydrogen-bond donors (Lipinski definition) is 1. The minimum absolute atomic E-state index is 0.357. The summed E-state index contributed by atoms with van der Waals surface area (Å²) in [5.74, 6) is 2.27. The maximum Gasteiger partial charge on any atom is 0.216 e. The molecule has 0 spiro atoms. The van der Waals surface area contributed by atoms with E-state index in [1.54, 1.807) is 51.8 Å². The van der Waals surface area contributed by atoms with Crippen LogP contribution in [0.3, 0.4) is 0 Å². The summed E-state index contributed by atoms with van der Waals surface area (Å²) in [4.78, 5) is 0. The Hall–Kier alpha value is -2.84. The molecule has 3 rings (SSSR count). The first-order chi connectivity index (χ1) is 13.1. The van der Waals surface area contributed by atoms with Crippen molar-refractivity contribution in [3.8, 4) is 28.6 Å². The molecule has 0 saturated carbocycles. The van der Waals surface area contributed by atoms with Crippen LogP contribution >= 0.6 is 23.8 Å². The number of nitrogens with one attached hydrogen (secondary N) is 1. The lowest BCUT2D eigenvalue weighted by molar-refractivity contribution is 0.349. The van der Waals surface area contributed by atoms with Crippen LogP contribution in [0.4, 0.5) is 0 Å². The van der Waals surface area contributed by atoms with Gasteiger partial charge in [0.2, 0.25) is 4.77 Å². The van der Waals surface area contributed by atoms with E-state index in [4.69, 9.17) is 38.0 Å². The Morgan fingerprint density at radius 2 is 1.67 bits per heavy atom. The molecule has 0 amide bonds. The molecule has 1 heterocycles. The Morgan fingerprint density at radius 3 is 2.30 bits per heavy atom. The monoisotopic (exact) mass is 404 g/mol. The molecule has 27 heavy (non-hydrogen) atoms. The van der Waals surface area contributed by atoms with Crippen molar-refractivity contribution in [2.45, 2.75) is 0 Å². The van der Waals surface area contributed by atoms with Crippen molar-refractivity contribution in [2.24, 2.45) is 5.10 Å². The van der Waals surface area contributed by atoms with Gasteiger partial charge in [0.25, 0.3) is 0 Å². The van der Waals surface area contributed by atoms with Crippen LogP contribution in [0.5, 0.6) is 17.2 Å². The maximum absolute atomic E-state index is 5.95. The molecule has 0 aliphatic carbocycles. The molecule has 9 heteroatoms. The molecule has 2 aromatic carbocycles. The molecule has 0 fully saturated rings. The fourth-order valence-corrected chi connectivity index (χ4v) is 2.76. The van der Waals surface area contributed by atoms with Gasteiger partial charge in [-0.2, -0.15) is 14.9 Å². The van der Waals surface area contributed by atoms with Gasteiger partial charge >= 0.3 is 0 Å². The standard InChI is InChI=1S/C18H17ClN4O3S/c1-24-14-9-16(26-3)15(25-2)8-12(14)10-20-23-17(21-22-18(23)27)11-4-6-13(19)7-5-11/h4-10H,1-3H3,(H,22,27)/b20-10-. The number of hydrogen-bond acceptors (Lipinski definition) is 6. The summed E-state index contributed by atoms with van der Waals surface area (Å²) in [5, 5.41) is 12.1. The van der Waals surface area contributed by atoms with Crippen LogP contribution in [-0.4, -0.2) is 42.4 Å². The SMILES string of the molecule is COc1cc(OC)c(OC)cc1/C=N\n1c(-c2ccc(Cl)cc2)n[nH]c1=S. The molecule has 0 aliphatic heterocycles. The number of ether oxygens (including phenoxy) is 3. The number of rotatable bonds is 6. The number of methoxy groups -OCH3 is 3. The van der Waals surface area contributed by atoms with Gasteiger partial charge in [-0.25, -0.2) is 5.10 Å². The van der Waals surface area contributed by atoms with Gasteiger partial charge in [-0.05, 0) is 42.5 Å². The number of halogens is 1. The topological polar surface area (TPSA) is 73.7 Å². The summed E-state index contributed by atoms with van der Waals surface area (Å²) in [6, 6.07) is 10.7. The first-order valence-corrected chi connectivity index (χ1v) is 8.63. The fraction of sp³-hybridized carbons (Fsp3) is 0.167. The van der Waals surface area contributed by atoms with Crippen LogP contribution in [0.25, 0.3) is 11.4 Å². The van der Waals surface area contributed by atoms with Crippen molar-refractivity contribution in [1.29, 1.82) is 0 Å². The minimum atomic E-state index is 0.357. The zero-order valence-electron chi connectivity index (χ0n) is 14.9. The maximum atomic E-state index is 5.95. The third kappa shape index (κ3) is 3.96. The molecular formula is C18H17ClN4O3S. The van der Waals surface area contributed by atoms with Crippen LogP contribution in [0.15, 0.2) is 41.5 Å². The second-order valence-corrected chi connectivity index (χ2v) is 6.19. The highest BCUT2D eigenvalue weighted by Crippen LogP contribution is 2.33. The van der Waals surface area contributed by atoms with E-state index < -0.39 is 0 Å². The molecule has 0 saturated heterocycles. The van der Waals surface area contributed by atoms with E-state index in [0.717, 1.165) is 5.56 Å². The first-order valence-electron chi connectivity index (χ1n) is 7.85. The van der Waals surface area contributed by atoms with Crippen LogP contribution in [0, 0.1) is 4.77 Å². The van der Waals surface area contributed by atoms with E-state index in [0.29, 0.717) is 38.4 Å². The summed E-state index contributed by atoms with van der Waals surface area (Å²) in [7, 11) is 4.70. The number of aromatic nitrogens is 3. The summed E-state index contributed by atoms with van der Waals surface area (Å²) < 4.78 is 17.9. The van der Waals surface area contributed by atoms with Crippen LogP contribution in [0.2, 0.25) is 5.02 Å². The van der Waals surface area contributed by atoms with Crippen LogP contribution in [-0.2, 0) is 0 Å². The van der Waals surface area contributed by atoms with Gasteiger partial charge in [-0.1, -0.05) is 11.6 Å². The van der Waals surface area contributed by atoms with Gasteiger partial charge in [0.1, 0.15) is 5.75 Å². The Labute approximate surface area is 166 Å². The van der Waals surface area contributed by atoms with Crippen molar-refractivity contribution in [1.82, 2.24) is 14.9 Å². The van der Waals surface area contributed by atoms with Crippen LogP contribution in [0.1, 0.15) is 5.56 Å². The van der Waals surface area contributed by atoms with Crippen molar-refractivity contribution < 1.29 is 14.2 Å². The molecule has 0 bridgehead atoms. The van der Waals surface area contributed by atoms with Gasteiger partial charge in [0, 0.05) is 22.2 Å². The molecule has 7 nitrogen and oxygen atoms in total. The minimum Gasteiger partial charge on any atom is -0.496 e. The van der Waals surface area contributed by atoms with Gasteiger partial charge in [-0.3, -0.25) is 0 Å². The molecule has 3 aromatic rings. The zero-order chi connectivity index (χ0) is 19.4. The predicted octanol–water partition coefficient (Wildman–Crippen LogP) is 4.17. The zero-order valence-corrected chi connectivity index (χ0v) is 16.5. The van der Waals surface area contributed by atoms with Crippen molar-refractivity contribution in [3.05, 3.63) is 51.8 Å². The van der Waals surface area contributed by atoms with E-state index in [9.17, 15) is 0 Å². The fourth-order valence-electron chi connectivity index (χ4n) is 2.46. The van der Waals surface area contributed by atoms with Crippen molar-refractivity contribution in [3.63, 3.8) is 0 Å². The van der Waals surface area contributed by atoms with Crippen molar-refractivity contribution >= 4 is 30.0 Å². The smallest absolute Gasteiger partial charge is 0.216 e. The third-order valence-corrected chi connectivity index (χ3v) is 4.32. The molecule has 0 atom stereocenters. The normalized spacial score (nSPS) is 11.0. The molecule has 0 radical (unpaired) electrons. The number of H-pyrrole nitrogens is 1. The van der Waals surface area contributed by atoms with E-state index in [-0.39, 0.29) is 0 Å². The quantitative estimate of drug-likeness (QED) is 0.493. The second-order valence-electron chi connectivity index (χ2n) is 5.36. The molecular weight excluding hydrogens is 388 g/mol. The predicted molar refractivity (Wildman–Crippen MR) is 107 cm³/mol. The summed E-state index contributed by atoms with van der Waals surface area (Å²) in [6.07, 6.45) is 1.62. The first kappa shape index (κ1) is 18.9. The Bertz CT molecular complexity index is 1030.